The van der Waals surface area contributed by atoms with Crippen molar-refractivity contribution in [2.75, 3.05) is 20.2 Å². The van der Waals surface area contributed by atoms with Crippen LogP contribution in [0.5, 0.6) is 11.5 Å². The van der Waals surface area contributed by atoms with E-state index < -0.39 is 6.61 Å². The lowest BCUT2D eigenvalue weighted by Gasteiger charge is -2.15. The number of halogens is 2. The topological polar surface area (TPSA) is 84.0 Å². The average Bonchev–Trinajstić information content (AvgIpc) is 2.74. The summed E-state index contributed by atoms with van der Waals surface area (Å²) < 4.78 is 35.3. The van der Waals surface area contributed by atoms with E-state index in [0.29, 0.717) is 30.4 Å². The molecule has 0 aliphatic carbocycles. The van der Waals surface area contributed by atoms with E-state index in [9.17, 15) is 13.6 Å². The number of nitrogens with zero attached hydrogens (tertiary/aromatic N) is 1. The molecule has 0 saturated heterocycles. The van der Waals surface area contributed by atoms with Crippen molar-refractivity contribution >= 4 is 11.9 Å². The molecular weight excluding hydrogens is 406 g/mol. The first-order valence-electron chi connectivity index (χ1n) is 9.88. The largest absolute Gasteiger partial charge is 0.484 e. The van der Waals surface area contributed by atoms with E-state index in [1.54, 1.807) is 25.2 Å². The Bertz CT molecular complexity index is 891. The van der Waals surface area contributed by atoms with Gasteiger partial charge in [0.15, 0.2) is 12.6 Å². The summed E-state index contributed by atoms with van der Waals surface area (Å²) in [6.45, 7) is 2.05. The van der Waals surface area contributed by atoms with Crippen molar-refractivity contribution in [3.8, 4) is 11.5 Å². The Morgan fingerprint density at radius 2 is 1.87 bits per heavy atom. The zero-order valence-corrected chi connectivity index (χ0v) is 17.9. The summed E-state index contributed by atoms with van der Waals surface area (Å²) in [7, 11) is 1.62. The highest BCUT2D eigenvalue weighted by molar-refractivity contribution is 5.79. The molecule has 7 nitrogen and oxygen atoms in total. The molecule has 2 rings (SSSR count). The average molecular weight is 434 g/mol. The van der Waals surface area contributed by atoms with Crippen LogP contribution in [0.4, 0.5) is 8.78 Å². The van der Waals surface area contributed by atoms with E-state index in [1.807, 2.05) is 32.0 Å². The van der Waals surface area contributed by atoms with E-state index in [-0.39, 0.29) is 24.8 Å². The van der Waals surface area contributed by atoms with Gasteiger partial charge in [0.1, 0.15) is 11.5 Å². The number of guanidine groups is 1. The molecule has 1 amide bonds. The number of aryl methyl sites for hydroxylation is 1. The third-order valence-electron chi connectivity index (χ3n) is 4.20. The van der Waals surface area contributed by atoms with Gasteiger partial charge in [0, 0.05) is 32.2 Å². The lowest BCUT2D eigenvalue weighted by atomic mass is 10.1. The van der Waals surface area contributed by atoms with Gasteiger partial charge in [-0.05, 0) is 37.6 Å². The number of ether oxygens (including phenoxy) is 2. The molecule has 168 valence electrons. The molecule has 0 aromatic heterocycles. The molecule has 0 fully saturated rings. The second kappa shape index (κ2) is 12.4. The van der Waals surface area contributed by atoms with E-state index in [2.05, 4.69) is 25.7 Å². The predicted molar refractivity (Wildman–Crippen MR) is 115 cm³/mol. The van der Waals surface area contributed by atoms with E-state index >= 15 is 0 Å². The molecule has 2 aromatic carbocycles. The van der Waals surface area contributed by atoms with Crippen LogP contribution in [0.2, 0.25) is 0 Å². The molecule has 0 saturated carbocycles. The SMILES string of the molecule is CCNC(=O)COc1cccc(CNC(=NC)NCc2cc(C)ccc2OC(F)F)c1. The van der Waals surface area contributed by atoms with Crippen molar-refractivity contribution in [3.05, 3.63) is 59.2 Å². The Morgan fingerprint density at radius 1 is 1.10 bits per heavy atom. The van der Waals surface area contributed by atoms with Crippen LogP contribution in [0.3, 0.4) is 0 Å². The third kappa shape index (κ3) is 8.49. The number of likely N-dealkylation sites (N-methyl/N-ethyl adjacent to an activating group) is 1. The standard InChI is InChI=1S/C22H28F2N4O3/c1-4-26-20(29)14-30-18-7-5-6-16(11-18)12-27-22(25-3)28-13-17-10-15(2)8-9-19(17)31-21(23)24/h5-11,21H,4,12-14H2,1-3H3,(H,26,29)(H2,25,27,28). The second-order valence-corrected chi connectivity index (χ2v) is 6.66. The van der Waals surface area contributed by atoms with Crippen molar-refractivity contribution in [1.29, 1.82) is 0 Å². The van der Waals surface area contributed by atoms with Crippen molar-refractivity contribution in [2.24, 2.45) is 4.99 Å². The molecule has 0 bridgehead atoms. The van der Waals surface area contributed by atoms with Crippen molar-refractivity contribution in [3.63, 3.8) is 0 Å². The summed E-state index contributed by atoms with van der Waals surface area (Å²) in [6, 6.07) is 12.4. The van der Waals surface area contributed by atoms with Crippen molar-refractivity contribution in [2.45, 2.75) is 33.5 Å². The van der Waals surface area contributed by atoms with Crippen molar-refractivity contribution < 1.29 is 23.0 Å². The highest BCUT2D eigenvalue weighted by Crippen LogP contribution is 2.22. The maximum atomic E-state index is 12.6. The van der Waals surface area contributed by atoms with E-state index in [1.165, 1.54) is 6.07 Å². The molecule has 0 unspecified atom stereocenters. The fourth-order valence-corrected chi connectivity index (χ4v) is 2.78. The Hall–Kier alpha value is -3.36. The monoisotopic (exact) mass is 434 g/mol. The van der Waals surface area contributed by atoms with Gasteiger partial charge in [-0.25, -0.2) is 0 Å². The maximum absolute atomic E-state index is 12.6. The van der Waals surface area contributed by atoms with Crippen LogP contribution in [0.1, 0.15) is 23.6 Å². The van der Waals surface area contributed by atoms with Gasteiger partial charge in [0.2, 0.25) is 0 Å². The summed E-state index contributed by atoms with van der Waals surface area (Å²) in [5.41, 5.74) is 2.46. The molecule has 0 radical (unpaired) electrons. The second-order valence-electron chi connectivity index (χ2n) is 6.66. The number of carbonyl (C=O) groups excluding carboxylic acids is 1. The highest BCUT2D eigenvalue weighted by Gasteiger charge is 2.11. The minimum Gasteiger partial charge on any atom is -0.484 e. The number of alkyl halides is 2. The van der Waals surface area contributed by atoms with Gasteiger partial charge in [0.25, 0.3) is 5.91 Å². The van der Waals surface area contributed by atoms with Crippen LogP contribution < -0.4 is 25.4 Å². The maximum Gasteiger partial charge on any atom is 0.387 e. The summed E-state index contributed by atoms with van der Waals surface area (Å²) in [5.74, 6) is 1.03. The van der Waals surface area contributed by atoms with Gasteiger partial charge < -0.3 is 25.4 Å². The number of rotatable bonds is 10. The first-order valence-corrected chi connectivity index (χ1v) is 9.88. The Kier molecular flexibility index (Phi) is 9.54. The molecule has 31 heavy (non-hydrogen) atoms. The van der Waals surface area contributed by atoms with Crippen LogP contribution in [0, 0.1) is 6.92 Å². The van der Waals surface area contributed by atoms with Gasteiger partial charge >= 0.3 is 6.61 Å². The Morgan fingerprint density at radius 3 is 2.58 bits per heavy atom. The third-order valence-corrected chi connectivity index (χ3v) is 4.20. The van der Waals surface area contributed by atoms with E-state index in [0.717, 1.165) is 11.1 Å². The first-order chi connectivity index (χ1) is 14.9. The number of benzene rings is 2. The minimum atomic E-state index is -2.89. The van der Waals surface area contributed by atoms with Crippen molar-refractivity contribution in [1.82, 2.24) is 16.0 Å². The summed E-state index contributed by atoms with van der Waals surface area (Å²) in [5, 5.41) is 8.93. The molecule has 0 atom stereocenters. The molecule has 0 aliphatic rings. The van der Waals surface area contributed by atoms with Crippen LogP contribution >= 0.6 is 0 Å². The van der Waals surface area contributed by atoms with E-state index in [4.69, 9.17) is 4.74 Å². The van der Waals surface area contributed by atoms with Crippen LogP contribution in [-0.2, 0) is 17.9 Å². The smallest absolute Gasteiger partial charge is 0.387 e. The number of aliphatic imine (C=N–C) groups is 1. The normalized spacial score (nSPS) is 11.2. The molecule has 2 aromatic rings. The summed E-state index contributed by atoms with van der Waals surface area (Å²) in [6.07, 6.45) is 0. The molecular formula is C22H28F2N4O3. The molecule has 3 N–H and O–H groups in total. The molecule has 0 spiro atoms. The van der Waals surface area contributed by atoms with Gasteiger partial charge in [-0.2, -0.15) is 8.78 Å². The van der Waals surface area contributed by atoms with Crippen LogP contribution in [0.25, 0.3) is 0 Å². The fourth-order valence-electron chi connectivity index (χ4n) is 2.78. The molecule has 9 heteroatoms. The lowest BCUT2D eigenvalue weighted by molar-refractivity contribution is -0.122. The van der Waals surface area contributed by atoms with Gasteiger partial charge in [0.05, 0.1) is 0 Å². The molecule has 0 aliphatic heterocycles. The number of amides is 1. The predicted octanol–water partition coefficient (Wildman–Crippen LogP) is 2.98. The quantitative estimate of drug-likeness (QED) is 0.396. The van der Waals surface area contributed by atoms with Gasteiger partial charge in [-0.3, -0.25) is 9.79 Å². The minimum absolute atomic E-state index is 0.0482. The molecule has 0 heterocycles. The van der Waals surface area contributed by atoms with Gasteiger partial charge in [-0.15, -0.1) is 0 Å². The number of nitrogens with one attached hydrogen (secondary N) is 3. The van der Waals surface area contributed by atoms with Crippen LogP contribution in [-0.4, -0.2) is 38.7 Å². The zero-order chi connectivity index (χ0) is 22.6. The lowest BCUT2D eigenvalue weighted by Crippen LogP contribution is -2.36. The van der Waals surface area contributed by atoms with Gasteiger partial charge in [-0.1, -0.05) is 29.8 Å². The number of carbonyl (C=O) groups is 1. The number of hydrogen-bond donors (Lipinski definition) is 3. The first kappa shape index (κ1) is 23.9. The Labute approximate surface area is 180 Å². The zero-order valence-electron chi connectivity index (χ0n) is 17.9. The number of hydrogen-bond acceptors (Lipinski definition) is 4. The Balaban J connectivity index is 1.91. The summed E-state index contributed by atoms with van der Waals surface area (Å²) in [4.78, 5) is 15.7. The highest BCUT2D eigenvalue weighted by atomic mass is 19.3. The van der Waals surface area contributed by atoms with Crippen LogP contribution in [0.15, 0.2) is 47.5 Å². The fraction of sp³-hybridized carbons (Fsp3) is 0.364. The summed E-state index contributed by atoms with van der Waals surface area (Å²) >= 11 is 0.